The van der Waals surface area contributed by atoms with Crippen molar-refractivity contribution in [1.29, 1.82) is 0 Å². The summed E-state index contributed by atoms with van der Waals surface area (Å²) in [6.07, 6.45) is 0. The Kier molecular flexibility index (Phi) is 5.27. The summed E-state index contributed by atoms with van der Waals surface area (Å²) in [7, 11) is -1.87. The highest BCUT2D eigenvalue weighted by molar-refractivity contribution is 9.10. The number of nitrogens with one attached hydrogen (secondary N) is 2. The summed E-state index contributed by atoms with van der Waals surface area (Å²) in [5, 5.41) is 3.39. The second-order valence-corrected chi connectivity index (χ2v) is 7.31. The average molecular weight is 390 g/mol. The van der Waals surface area contributed by atoms with Crippen LogP contribution < -0.4 is 10.0 Å². The van der Waals surface area contributed by atoms with Crippen LogP contribution in [0.3, 0.4) is 0 Å². The maximum Gasteiger partial charge on any atom is 0.261 e. The lowest BCUT2D eigenvalue weighted by Crippen LogP contribution is -2.14. The molecule has 0 radical (unpaired) electrons. The number of hydrogen-bond donors (Lipinski definition) is 2. The van der Waals surface area contributed by atoms with E-state index in [0.29, 0.717) is 21.7 Å². The van der Waals surface area contributed by atoms with Crippen molar-refractivity contribution in [3.8, 4) is 0 Å². The highest BCUT2D eigenvalue weighted by Crippen LogP contribution is 2.26. The fourth-order valence-electron chi connectivity index (χ4n) is 1.78. The van der Waals surface area contributed by atoms with Gasteiger partial charge in [-0.05, 0) is 52.8 Å². The lowest BCUT2D eigenvalue weighted by atomic mass is 10.2. The van der Waals surface area contributed by atoms with Crippen molar-refractivity contribution >= 4 is 43.2 Å². The Labute approximate surface area is 137 Å². The van der Waals surface area contributed by atoms with E-state index in [1.807, 2.05) is 6.07 Å². The molecule has 2 rings (SSSR count). The lowest BCUT2D eigenvalue weighted by molar-refractivity contribution is 0.601. The summed E-state index contributed by atoms with van der Waals surface area (Å²) in [6, 6.07) is 11.7. The lowest BCUT2D eigenvalue weighted by Gasteiger charge is -2.11. The maximum absolute atomic E-state index is 12.4. The molecule has 4 nitrogen and oxygen atoms in total. The van der Waals surface area contributed by atoms with E-state index in [2.05, 4.69) is 26.0 Å². The zero-order valence-corrected chi connectivity index (χ0v) is 14.4. The van der Waals surface area contributed by atoms with Crippen LogP contribution in [-0.4, -0.2) is 15.5 Å². The zero-order chi connectivity index (χ0) is 15.5. The van der Waals surface area contributed by atoms with Crippen LogP contribution in [0.25, 0.3) is 0 Å². The molecule has 2 N–H and O–H groups in total. The van der Waals surface area contributed by atoms with Gasteiger partial charge in [0, 0.05) is 16.0 Å². The second-order valence-electron chi connectivity index (χ2n) is 4.37. The first-order chi connectivity index (χ1) is 9.94. The van der Waals surface area contributed by atoms with Crippen molar-refractivity contribution in [2.24, 2.45) is 0 Å². The normalized spacial score (nSPS) is 11.4. The van der Waals surface area contributed by atoms with Crippen molar-refractivity contribution in [3.05, 3.63) is 57.5 Å². The molecular weight excluding hydrogens is 376 g/mol. The molecule has 0 spiro atoms. The number of rotatable bonds is 5. The quantitative estimate of drug-likeness (QED) is 0.821. The van der Waals surface area contributed by atoms with E-state index < -0.39 is 10.0 Å². The van der Waals surface area contributed by atoms with Gasteiger partial charge in [0.2, 0.25) is 0 Å². The van der Waals surface area contributed by atoms with Crippen LogP contribution >= 0.6 is 27.5 Å². The molecule has 112 valence electrons. The van der Waals surface area contributed by atoms with Crippen molar-refractivity contribution < 1.29 is 8.42 Å². The van der Waals surface area contributed by atoms with Gasteiger partial charge in [-0.15, -0.1) is 0 Å². The van der Waals surface area contributed by atoms with Gasteiger partial charge in [-0.25, -0.2) is 8.42 Å². The molecule has 21 heavy (non-hydrogen) atoms. The van der Waals surface area contributed by atoms with Crippen molar-refractivity contribution in [2.45, 2.75) is 11.4 Å². The molecule has 2 aromatic rings. The molecule has 0 aromatic heterocycles. The van der Waals surface area contributed by atoms with Crippen LogP contribution in [0.15, 0.2) is 51.8 Å². The number of sulfonamides is 1. The molecule has 0 fully saturated rings. The molecule has 0 aliphatic heterocycles. The molecule has 0 saturated heterocycles. The fourth-order valence-corrected chi connectivity index (χ4v) is 3.71. The second kappa shape index (κ2) is 6.79. The van der Waals surface area contributed by atoms with Gasteiger partial charge in [-0.3, -0.25) is 4.72 Å². The summed E-state index contributed by atoms with van der Waals surface area (Å²) in [5.41, 5.74) is 1.33. The van der Waals surface area contributed by atoms with E-state index in [1.54, 1.807) is 31.3 Å². The minimum Gasteiger partial charge on any atom is -0.316 e. The number of hydrogen-bond acceptors (Lipinski definition) is 3. The van der Waals surface area contributed by atoms with Gasteiger partial charge in [0.25, 0.3) is 10.0 Å². The standard InChI is InChI=1S/C14H14BrClN2O2S/c1-17-9-10-6-7-11(8-13(10)16)21(19,20)18-14-5-3-2-4-12(14)15/h2-8,17-18H,9H2,1H3. The minimum absolute atomic E-state index is 0.128. The van der Waals surface area contributed by atoms with Crippen LogP contribution in [0.1, 0.15) is 5.56 Å². The topological polar surface area (TPSA) is 58.2 Å². The Morgan fingerprint density at radius 3 is 2.52 bits per heavy atom. The third kappa shape index (κ3) is 3.97. The predicted molar refractivity (Wildman–Crippen MR) is 89.2 cm³/mol. The van der Waals surface area contributed by atoms with Crippen LogP contribution in [0, 0.1) is 0 Å². The molecule has 0 aliphatic carbocycles. The van der Waals surface area contributed by atoms with Gasteiger partial charge in [-0.2, -0.15) is 0 Å². The Morgan fingerprint density at radius 1 is 1.19 bits per heavy atom. The Hall–Kier alpha value is -1.08. The molecule has 2 aromatic carbocycles. The van der Waals surface area contributed by atoms with Gasteiger partial charge in [0.1, 0.15) is 0 Å². The summed E-state index contributed by atoms with van der Waals surface area (Å²) in [6.45, 7) is 0.580. The SMILES string of the molecule is CNCc1ccc(S(=O)(=O)Nc2ccccc2Br)cc1Cl. The molecule has 0 saturated carbocycles. The van der Waals surface area contributed by atoms with E-state index >= 15 is 0 Å². The van der Waals surface area contributed by atoms with E-state index in [-0.39, 0.29) is 4.90 Å². The smallest absolute Gasteiger partial charge is 0.261 e. The van der Waals surface area contributed by atoms with Crippen molar-refractivity contribution in [1.82, 2.24) is 5.32 Å². The van der Waals surface area contributed by atoms with Crippen LogP contribution in [0.5, 0.6) is 0 Å². The summed E-state index contributed by atoms with van der Waals surface area (Å²) < 4.78 is 27.9. The molecule has 0 heterocycles. The molecule has 0 atom stereocenters. The summed E-state index contributed by atoms with van der Waals surface area (Å²) in [4.78, 5) is 0.128. The van der Waals surface area contributed by atoms with Gasteiger partial charge in [0.05, 0.1) is 10.6 Å². The van der Waals surface area contributed by atoms with Crippen LogP contribution in [-0.2, 0) is 16.6 Å². The first-order valence-corrected chi connectivity index (χ1v) is 8.80. The van der Waals surface area contributed by atoms with Crippen molar-refractivity contribution in [3.63, 3.8) is 0 Å². The van der Waals surface area contributed by atoms with E-state index in [4.69, 9.17) is 11.6 Å². The Morgan fingerprint density at radius 2 is 1.90 bits per heavy atom. The number of para-hydroxylation sites is 1. The molecule has 7 heteroatoms. The monoisotopic (exact) mass is 388 g/mol. The molecule has 0 unspecified atom stereocenters. The molecule has 0 amide bonds. The molecular formula is C14H14BrClN2O2S. The Bertz CT molecular complexity index is 750. The van der Waals surface area contributed by atoms with E-state index in [0.717, 1.165) is 5.56 Å². The molecule has 0 aliphatic rings. The molecule has 0 bridgehead atoms. The number of halogens is 2. The van der Waals surface area contributed by atoms with Gasteiger partial charge in [-0.1, -0.05) is 29.8 Å². The average Bonchev–Trinajstić information content (AvgIpc) is 2.43. The summed E-state index contributed by atoms with van der Waals surface area (Å²) >= 11 is 9.41. The van der Waals surface area contributed by atoms with E-state index in [1.165, 1.54) is 12.1 Å². The fraction of sp³-hybridized carbons (Fsp3) is 0.143. The van der Waals surface area contributed by atoms with Gasteiger partial charge in [0.15, 0.2) is 0 Å². The number of anilines is 1. The van der Waals surface area contributed by atoms with Crippen molar-refractivity contribution in [2.75, 3.05) is 11.8 Å². The van der Waals surface area contributed by atoms with Crippen LogP contribution in [0.4, 0.5) is 5.69 Å². The van der Waals surface area contributed by atoms with Crippen LogP contribution in [0.2, 0.25) is 5.02 Å². The Balaban J connectivity index is 2.32. The highest BCUT2D eigenvalue weighted by atomic mass is 79.9. The minimum atomic E-state index is -3.67. The highest BCUT2D eigenvalue weighted by Gasteiger charge is 2.16. The van der Waals surface area contributed by atoms with Gasteiger partial charge < -0.3 is 5.32 Å². The predicted octanol–water partition coefficient (Wildman–Crippen LogP) is 3.62. The maximum atomic E-state index is 12.4. The first-order valence-electron chi connectivity index (χ1n) is 6.14. The summed E-state index contributed by atoms with van der Waals surface area (Å²) in [5.74, 6) is 0. The number of benzene rings is 2. The third-order valence-corrected chi connectivity index (χ3v) is 5.23. The third-order valence-electron chi connectivity index (χ3n) is 2.82. The van der Waals surface area contributed by atoms with E-state index in [9.17, 15) is 8.42 Å². The largest absolute Gasteiger partial charge is 0.316 e. The first kappa shape index (κ1) is 16.3. The zero-order valence-electron chi connectivity index (χ0n) is 11.2. The van der Waals surface area contributed by atoms with Gasteiger partial charge >= 0.3 is 0 Å².